The number of nitrogens with zero attached hydrogens (tertiary/aromatic N) is 3. The van der Waals surface area contributed by atoms with Crippen LogP contribution in [0.15, 0.2) is 29.1 Å². The Hall–Kier alpha value is -2.28. The Morgan fingerprint density at radius 1 is 1.35 bits per heavy atom. The molecule has 2 aromatic rings. The van der Waals surface area contributed by atoms with Crippen LogP contribution in [0.5, 0.6) is 0 Å². The van der Waals surface area contributed by atoms with Crippen LogP contribution in [0.1, 0.15) is 16.9 Å². The summed E-state index contributed by atoms with van der Waals surface area (Å²) < 4.78 is 20.2. The van der Waals surface area contributed by atoms with Gasteiger partial charge in [0, 0.05) is 26.1 Å². The fourth-order valence-corrected chi connectivity index (χ4v) is 2.94. The van der Waals surface area contributed by atoms with Crippen LogP contribution in [0.4, 0.5) is 4.39 Å². The monoisotopic (exact) mass is 319 g/mol. The third-order valence-electron chi connectivity index (χ3n) is 4.23. The first-order chi connectivity index (χ1) is 11.0. The van der Waals surface area contributed by atoms with Crippen LogP contribution < -0.4 is 5.56 Å². The van der Waals surface area contributed by atoms with Gasteiger partial charge in [-0.15, -0.1) is 0 Å². The minimum absolute atomic E-state index is 0.0316. The van der Waals surface area contributed by atoms with Crippen molar-refractivity contribution in [1.82, 2.24) is 14.7 Å². The lowest BCUT2D eigenvalue weighted by atomic mass is 10.0. The second kappa shape index (κ2) is 6.08. The summed E-state index contributed by atoms with van der Waals surface area (Å²) >= 11 is 0. The van der Waals surface area contributed by atoms with Gasteiger partial charge in [0.1, 0.15) is 6.17 Å². The van der Waals surface area contributed by atoms with E-state index in [2.05, 4.69) is 5.10 Å². The Balaban J connectivity index is 1.99. The number of piperidine rings is 1. The van der Waals surface area contributed by atoms with Crippen molar-refractivity contribution in [3.8, 4) is 0 Å². The first-order valence-corrected chi connectivity index (χ1v) is 7.45. The topological polar surface area (TPSA) is 64.4 Å². The van der Waals surface area contributed by atoms with Crippen molar-refractivity contribution in [3.63, 3.8) is 0 Å². The molecule has 1 aliphatic heterocycles. The first-order valence-electron chi connectivity index (χ1n) is 7.45. The number of aromatic nitrogens is 2. The number of halogens is 1. The fraction of sp³-hybridized carbons (Fsp3) is 0.438. The van der Waals surface area contributed by atoms with Gasteiger partial charge in [0.2, 0.25) is 0 Å². The number of methoxy groups -OCH3 is 1. The summed E-state index contributed by atoms with van der Waals surface area (Å²) in [5.74, 6) is -0.367. The average molecular weight is 319 g/mol. The third kappa shape index (κ3) is 2.72. The molecule has 122 valence electrons. The number of hydrogen-bond acceptors (Lipinski definition) is 4. The maximum Gasteiger partial charge on any atom is 0.275 e. The summed E-state index contributed by atoms with van der Waals surface area (Å²) in [5.41, 5.74) is -0.0932. The van der Waals surface area contributed by atoms with Crippen molar-refractivity contribution in [2.75, 3.05) is 20.2 Å². The van der Waals surface area contributed by atoms with Gasteiger partial charge in [-0.1, -0.05) is 18.2 Å². The first kappa shape index (κ1) is 15.6. The Labute approximate surface area is 132 Å². The van der Waals surface area contributed by atoms with Crippen LogP contribution in [-0.4, -0.2) is 53.1 Å². The van der Waals surface area contributed by atoms with E-state index in [1.165, 1.54) is 19.1 Å². The molecule has 2 heterocycles. The Morgan fingerprint density at radius 2 is 2.04 bits per heavy atom. The highest BCUT2D eigenvalue weighted by atomic mass is 19.1. The normalized spacial score (nSPS) is 21.6. The van der Waals surface area contributed by atoms with Crippen LogP contribution in [-0.2, 0) is 11.8 Å². The number of hydrogen-bond donors (Lipinski definition) is 0. The van der Waals surface area contributed by atoms with Crippen LogP contribution in [0, 0.1) is 0 Å². The number of ether oxygens (including phenoxy) is 1. The number of fused-ring (bicyclic) bond motifs is 1. The molecule has 1 saturated heterocycles. The lowest BCUT2D eigenvalue weighted by molar-refractivity contribution is -0.0176. The van der Waals surface area contributed by atoms with Crippen LogP contribution in [0.3, 0.4) is 0 Å². The molecule has 0 N–H and O–H groups in total. The van der Waals surface area contributed by atoms with Crippen molar-refractivity contribution >= 4 is 16.7 Å². The van der Waals surface area contributed by atoms with Crippen molar-refractivity contribution in [1.29, 1.82) is 0 Å². The molecule has 0 radical (unpaired) electrons. The van der Waals surface area contributed by atoms with E-state index in [1.807, 2.05) is 0 Å². The van der Waals surface area contributed by atoms with E-state index in [-0.39, 0.29) is 23.7 Å². The quantitative estimate of drug-likeness (QED) is 0.832. The van der Waals surface area contributed by atoms with Gasteiger partial charge in [-0.3, -0.25) is 9.59 Å². The highest BCUT2D eigenvalue weighted by Crippen LogP contribution is 2.20. The predicted octanol–water partition coefficient (Wildman–Crippen LogP) is 1.13. The SMILES string of the molecule is CO[C@@H]1CCN(C(=O)c2nn(C)c(=O)c3ccccc23)C[C@@H]1F. The summed E-state index contributed by atoms with van der Waals surface area (Å²) in [4.78, 5) is 26.3. The third-order valence-corrected chi connectivity index (χ3v) is 4.23. The minimum atomic E-state index is -1.23. The zero-order valence-corrected chi connectivity index (χ0v) is 13.0. The molecule has 6 nitrogen and oxygen atoms in total. The average Bonchev–Trinajstić information content (AvgIpc) is 2.57. The summed E-state index contributed by atoms with van der Waals surface area (Å²) in [6, 6.07) is 6.83. The van der Waals surface area contributed by atoms with Crippen molar-refractivity contribution < 1.29 is 13.9 Å². The van der Waals surface area contributed by atoms with Crippen molar-refractivity contribution in [2.24, 2.45) is 7.05 Å². The second-order valence-electron chi connectivity index (χ2n) is 5.65. The standard InChI is InChI=1S/C16H18FN3O3/c1-19-15(21)11-6-4-3-5-10(11)14(18-19)16(22)20-8-7-13(23-2)12(17)9-20/h3-6,12-13H,7-9H2,1-2H3/t12-,13+/m0/s1. The Morgan fingerprint density at radius 3 is 2.70 bits per heavy atom. The van der Waals surface area contributed by atoms with E-state index in [9.17, 15) is 14.0 Å². The number of amides is 1. The lowest BCUT2D eigenvalue weighted by Crippen LogP contribution is -2.48. The number of aryl methyl sites for hydroxylation is 1. The van der Waals surface area contributed by atoms with E-state index in [0.29, 0.717) is 23.7 Å². The highest BCUT2D eigenvalue weighted by molar-refractivity contribution is 6.04. The maximum absolute atomic E-state index is 14.0. The molecule has 1 aromatic carbocycles. The van der Waals surface area contributed by atoms with Gasteiger partial charge in [0.25, 0.3) is 11.5 Å². The zero-order valence-electron chi connectivity index (χ0n) is 13.0. The largest absolute Gasteiger partial charge is 0.378 e. The molecule has 1 fully saturated rings. The molecule has 0 bridgehead atoms. The molecule has 1 amide bonds. The molecule has 1 aromatic heterocycles. The minimum Gasteiger partial charge on any atom is -0.378 e. The summed E-state index contributed by atoms with van der Waals surface area (Å²) in [6.07, 6.45) is -1.27. The van der Waals surface area contributed by atoms with Crippen LogP contribution in [0.25, 0.3) is 10.8 Å². The van der Waals surface area contributed by atoms with Gasteiger partial charge in [0.15, 0.2) is 5.69 Å². The van der Waals surface area contributed by atoms with E-state index >= 15 is 0 Å². The number of carbonyl (C=O) groups excluding carboxylic acids is 1. The smallest absolute Gasteiger partial charge is 0.275 e. The van der Waals surface area contributed by atoms with Gasteiger partial charge in [0.05, 0.1) is 18.0 Å². The van der Waals surface area contributed by atoms with Crippen molar-refractivity contribution in [3.05, 3.63) is 40.3 Å². The summed E-state index contributed by atoms with van der Waals surface area (Å²) in [7, 11) is 2.97. The fourth-order valence-electron chi connectivity index (χ4n) is 2.94. The maximum atomic E-state index is 14.0. The molecular weight excluding hydrogens is 301 g/mol. The molecule has 0 unspecified atom stereocenters. The van der Waals surface area contributed by atoms with Gasteiger partial charge < -0.3 is 9.64 Å². The van der Waals surface area contributed by atoms with Crippen molar-refractivity contribution in [2.45, 2.75) is 18.7 Å². The summed E-state index contributed by atoms with van der Waals surface area (Å²) in [6.45, 7) is 0.368. The number of alkyl halides is 1. The van der Waals surface area contributed by atoms with E-state index in [1.54, 1.807) is 24.3 Å². The number of likely N-dealkylation sites (tertiary alicyclic amines) is 1. The molecular formula is C16H18FN3O3. The van der Waals surface area contributed by atoms with Gasteiger partial charge >= 0.3 is 0 Å². The molecule has 2 atom stereocenters. The van der Waals surface area contributed by atoms with E-state index in [0.717, 1.165) is 4.68 Å². The molecule has 23 heavy (non-hydrogen) atoms. The Bertz CT molecular complexity index is 805. The molecule has 0 saturated carbocycles. The van der Waals surface area contributed by atoms with Crippen LogP contribution in [0.2, 0.25) is 0 Å². The van der Waals surface area contributed by atoms with Gasteiger partial charge in [-0.2, -0.15) is 5.10 Å². The van der Waals surface area contributed by atoms with Crippen LogP contribution >= 0.6 is 0 Å². The van der Waals surface area contributed by atoms with E-state index < -0.39 is 12.3 Å². The van der Waals surface area contributed by atoms with Gasteiger partial charge in [-0.25, -0.2) is 9.07 Å². The zero-order chi connectivity index (χ0) is 16.6. The molecule has 1 aliphatic rings. The van der Waals surface area contributed by atoms with Gasteiger partial charge in [-0.05, 0) is 12.5 Å². The summed E-state index contributed by atoms with van der Waals surface area (Å²) in [5, 5.41) is 5.02. The molecule has 0 spiro atoms. The van der Waals surface area contributed by atoms with E-state index in [4.69, 9.17) is 4.74 Å². The number of carbonyl (C=O) groups is 1. The molecule has 0 aliphatic carbocycles. The number of rotatable bonds is 2. The highest BCUT2D eigenvalue weighted by Gasteiger charge is 2.33. The molecule has 7 heteroatoms. The predicted molar refractivity (Wildman–Crippen MR) is 83.2 cm³/mol. The lowest BCUT2D eigenvalue weighted by Gasteiger charge is -2.33. The molecule has 3 rings (SSSR count). The number of benzene rings is 1. The Kier molecular flexibility index (Phi) is 4.12. The second-order valence-corrected chi connectivity index (χ2v) is 5.65.